The van der Waals surface area contributed by atoms with Crippen LogP contribution in [0.15, 0.2) is 12.4 Å². The minimum atomic E-state index is 0.859. The lowest BCUT2D eigenvalue weighted by atomic mass is 10.0. The molecule has 112 valence electrons. The van der Waals surface area contributed by atoms with Crippen molar-refractivity contribution >= 4 is 0 Å². The summed E-state index contributed by atoms with van der Waals surface area (Å²) in [5, 5.41) is 3.43. The van der Waals surface area contributed by atoms with Crippen LogP contribution in [-0.2, 0) is 19.4 Å². The number of pyridine rings is 1. The summed E-state index contributed by atoms with van der Waals surface area (Å²) in [6.45, 7) is 8.20. The summed E-state index contributed by atoms with van der Waals surface area (Å²) >= 11 is 0. The van der Waals surface area contributed by atoms with Gasteiger partial charge in [0, 0.05) is 23.5 Å². The highest BCUT2D eigenvalue weighted by atomic mass is 15.1. The van der Waals surface area contributed by atoms with Crippen LogP contribution in [0.25, 0.3) is 5.82 Å². The second-order valence-corrected chi connectivity index (χ2v) is 5.88. The van der Waals surface area contributed by atoms with Gasteiger partial charge in [0.25, 0.3) is 0 Å². The fraction of sp³-hybridized carbons (Fsp3) is 0.529. The lowest BCUT2D eigenvalue weighted by Gasteiger charge is -2.18. The molecule has 2 aromatic heterocycles. The van der Waals surface area contributed by atoms with Gasteiger partial charge in [-0.3, -0.25) is 4.57 Å². The largest absolute Gasteiger partial charge is 0.313 e. The van der Waals surface area contributed by atoms with Gasteiger partial charge in [-0.05, 0) is 57.7 Å². The quantitative estimate of drug-likeness (QED) is 0.939. The first kappa shape index (κ1) is 14.3. The number of nitrogens with one attached hydrogen (secondary N) is 1. The monoisotopic (exact) mass is 284 g/mol. The van der Waals surface area contributed by atoms with Gasteiger partial charge in [0.15, 0.2) is 0 Å². The predicted octanol–water partition coefficient (Wildman–Crippen LogP) is 2.87. The lowest BCUT2D eigenvalue weighted by molar-refractivity contribution is 0.650. The number of fused-ring (bicyclic) bond motifs is 1. The molecule has 0 aromatic carbocycles. The summed E-state index contributed by atoms with van der Waals surface area (Å²) in [5.74, 6) is 1.06. The molecule has 2 heterocycles. The van der Waals surface area contributed by atoms with Crippen LogP contribution in [-0.4, -0.2) is 21.1 Å². The maximum absolute atomic E-state index is 4.82. The fourth-order valence-electron chi connectivity index (χ4n) is 3.16. The van der Waals surface area contributed by atoms with Gasteiger partial charge >= 0.3 is 0 Å². The van der Waals surface area contributed by atoms with Gasteiger partial charge in [-0.1, -0.05) is 6.92 Å². The standard InChI is InChI=1S/C17H24N4/c1-4-18-10-14-12(2)9-13(3)20-17(14)21-11-19-15-7-5-6-8-16(15)21/h9,11,18H,4-8,10H2,1-3H3. The van der Waals surface area contributed by atoms with Crippen molar-refractivity contribution in [3.8, 4) is 5.82 Å². The number of aryl methyl sites for hydroxylation is 3. The van der Waals surface area contributed by atoms with Crippen molar-refractivity contribution in [1.29, 1.82) is 0 Å². The summed E-state index contributed by atoms with van der Waals surface area (Å²) in [6, 6.07) is 2.17. The number of hydrogen-bond acceptors (Lipinski definition) is 3. The summed E-state index contributed by atoms with van der Waals surface area (Å²) in [6.07, 6.45) is 6.70. The molecule has 1 aliphatic carbocycles. The predicted molar refractivity (Wildman–Crippen MR) is 84.9 cm³/mol. The van der Waals surface area contributed by atoms with Crippen LogP contribution >= 0.6 is 0 Å². The third-order valence-electron chi connectivity index (χ3n) is 4.26. The molecule has 0 saturated heterocycles. The number of imidazole rings is 1. The molecule has 0 amide bonds. The zero-order chi connectivity index (χ0) is 14.8. The number of rotatable bonds is 4. The summed E-state index contributed by atoms with van der Waals surface area (Å²) in [5.41, 5.74) is 6.28. The zero-order valence-electron chi connectivity index (χ0n) is 13.2. The highest BCUT2D eigenvalue weighted by molar-refractivity contribution is 5.43. The Morgan fingerprint density at radius 3 is 2.86 bits per heavy atom. The maximum Gasteiger partial charge on any atom is 0.143 e. The van der Waals surface area contributed by atoms with E-state index in [1.54, 1.807) is 0 Å². The van der Waals surface area contributed by atoms with Crippen molar-refractivity contribution in [2.24, 2.45) is 0 Å². The molecular weight excluding hydrogens is 260 g/mol. The molecule has 0 bridgehead atoms. The van der Waals surface area contributed by atoms with E-state index in [-0.39, 0.29) is 0 Å². The first-order valence-electron chi connectivity index (χ1n) is 7.94. The van der Waals surface area contributed by atoms with Crippen LogP contribution in [0.2, 0.25) is 0 Å². The first-order valence-corrected chi connectivity index (χ1v) is 7.94. The smallest absolute Gasteiger partial charge is 0.143 e. The van der Waals surface area contributed by atoms with E-state index in [1.165, 1.54) is 35.4 Å². The van der Waals surface area contributed by atoms with Crippen molar-refractivity contribution < 1.29 is 0 Å². The molecule has 0 atom stereocenters. The molecule has 1 aliphatic rings. The Hall–Kier alpha value is -1.68. The molecular formula is C17H24N4. The van der Waals surface area contributed by atoms with Gasteiger partial charge in [-0.25, -0.2) is 9.97 Å². The highest BCUT2D eigenvalue weighted by Crippen LogP contribution is 2.25. The molecule has 0 unspecified atom stereocenters. The van der Waals surface area contributed by atoms with Crippen LogP contribution in [0, 0.1) is 13.8 Å². The van der Waals surface area contributed by atoms with Crippen LogP contribution in [0.5, 0.6) is 0 Å². The number of hydrogen-bond donors (Lipinski definition) is 1. The van der Waals surface area contributed by atoms with Gasteiger partial charge in [0.1, 0.15) is 12.1 Å². The molecule has 0 spiro atoms. The van der Waals surface area contributed by atoms with Crippen molar-refractivity contribution in [3.63, 3.8) is 0 Å². The molecule has 3 rings (SSSR count). The average Bonchev–Trinajstić information content (AvgIpc) is 2.89. The molecule has 4 nitrogen and oxygen atoms in total. The second-order valence-electron chi connectivity index (χ2n) is 5.88. The van der Waals surface area contributed by atoms with Gasteiger partial charge in [-0.2, -0.15) is 0 Å². The minimum absolute atomic E-state index is 0.859. The van der Waals surface area contributed by atoms with Crippen molar-refractivity contribution in [2.75, 3.05) is 6.54 Å². The highest BCUT2D eigenvalue weighted by Gasteiger charge is 2.19. The number of aromatic nitrogens is 3. The van der Waals surface area contributed by atoms with E-state index in [0.717, 1.165) is 37.4 Å². The molecule has 1 N–H and O–H groups in total. The van der Waals surface area contributed by atoms with Gasteiger partial charge in [0.05, 0.1) is 5.69 Å². The van der Waals surface area contributed by atoms with Crippen LogP contribution in [0.1, 0.15) is 48.0 Å². The summed E-state index contributed by atoms with van der Waals surface area (Å²) in [7, 11) is 0. The summed E-state index contributed by atoms with van der Waals surface area (Å²) < 4.78 is 2.22. The Bertz CT molecular complexity index is 642. The fourth-order valence-corrected chi connectivity index (χ4v) is 3.16. The molecule has 0 fully saturated rings. The normalized spacial score (nSPS) is 14.2. The van der Waals surface area contributed by atoms with Gasteiger partial charge < -0.3 is 5.32 Å². The molecule has 2 aromatic rings. The van der Waals surface area contributed by atoms with E-state index >= 15 is 0 Å². The SMILES string of the molecule is CCNCc1c(C)cc(C)nc1-n1cnc2c1CCCC2. The third-order valence-corrected chi connectivity index (χ3v) is 4.26. The Morgan fingerprint density at radius 2 is 2.05 bits per heavy atom. The van der Waals surface area contributed by atoms with E-state index < -0.39 is 0 Å². The Kier molecular flexibility index (Phi) is 4.06. The van der Waals surface area contributed by atoms with Crippen molar-refractivity contribution in [3.05, 3.63) is 40.6 Å². The van der Waals surface area contributed by atoms with E-state index in [0.29, 0.717) is 0 Å². The first-order chi connectivity index (χ1) is 10.2. The lowest BCUT2D eigenvalue weighted by Crippen LogP contribution is -2.17. The van der Waals surface area contributed by atoms with E-state index in [9.17, 15) is 0 Å². The van der Waals surface area contributed by atoms with Crippen LogP contribution in [0.3, 0.4) is 0 Å². The van der Waals surface area contributed by atoms with Crippen LogP contribution < -0.4 is 5.32 Å². The number of nitrogens with zero attached hydrogens (tertiary/aromatic N) is 3. The van der Waals surface area contributed by atoms with E-state index in [1.807, 2.05) is 6.33 Å². The van der Waals surface area contributed by atoms with Crippen molar-refractivity contribution in [1.82, 2.24) is 19.9 Å². The summed E-state index contributed by atoms with van der Waals surface area (Å²) in [4.78, 5) is 9.44. The van der Waals surface area contributed by atoms with Gasteiger partial charge in [0.2, 0.25) is 0 Å². The maximum atomic E-state index is 4.82. The Labute approximate surface area is 126 Å². The average molecular weight is 284 g/mol. The Morgan fingerprint density at radius 1 is 1.24 bits per heavy atom. The van der Waals surface area contributed by atoms with E-state index in [4.69, 9.17) is 4.98 Å². The van der Waals surface area contributed by atoms with Crippen LogP contribution in [0.4, 0.5) is 0 Å². The molecule has 21 heavy (non-hydrogen) atoms. The van der Waals surface area contributed by atoms with Gasteiger partial charge in [-0.15, -0.1) is 0 Å². The van der Waals surface area contributed by atoms with Crippen molar-refractivity contribution in [2.45, 2.75) is 53.0 Å². The molecule has 4 heteroatoms. The van der Waals surface area contributed by atoms with E-state index in [2.05, 4.69) is 41.7 Å². The molecule has 0 radical (unpaired) electrons. The second kappa shape index (κ2) is 5.98. The topological polar surface area (TPSA) is 42.7 Å². The molecule has 0 aliphatic heterocycles. The zero-order valence-corrected chi connectivity index (χ0v) is 13.2. The third kappa shape index (κ3) is 2.72. The Balaban J connectivity index is 2.10. The molecule has 0 saturated carbocycles. The minimum Gasteiger partial charge on any atom is -0.313 e.